The molecule has 0 heterocycles. The molecule has 0 aromatic heterocycles. The van der Waals surface area contributed by atoms with Gasteiger partial charge in [0.1, 0.15) is 0 Å². The van der Waals surface area contributed by atoms with Crippen molar-refractivity contribution >= 4 is 11.8 Å². The number of aryl methyl sites for hydroxylation is 1. The summed E-state index contributed by atoms with van der Waals surface area (Å²) in [4.78, 5) is 1.35. The number of hydrogen-bond acceptors (Lipinski definition) is 2. The van der Waals surface area contributed by atoms with E-state index in [0.29, 0.717) is 0 Å². The molecule has 21 heavy (non-hydrogen) atoms. The van der Waals surface area contributed by atoms with Gasteiger partial charge in [-0.15, -0.1) is 11.8 Å². The average Bonchev–Trinajstić information content (AvgIpc) is 2.52. The zero-order valence-electron chi connectivity index (χ0n) is 13.4. The van der Waals surface area contributed by atoms with E-state index in [1.54, 1.807) is 0 Å². The lowest BCUT2D eigenvalue weighted by Gasteiger charge is -2.24. The first-order chi connectivity index (χ1) is 10.2. The Labute approximate surface area is 133 Å². The van der Waals surface area contributed by atoms with Crippen LogP contribution in [0.3, 0.4) is 0 Å². The first kappa shape index (κ1) is 16.1. The molecule has 2 rings (SSSR count). The maximum atomic E-state index is 3.73. The van der Waals surface area contributed by atoms with E-state index in [0.717, 1.165) is 13.0 Å². The minimum Gasteiger partial charge on any atom is -0.306 e. The Morgan fingerprint density at radius 2 is 1.71 bits per heavy atom. The molecule has 0 aliphatic heterocycles. The second-order valence-corrected chi connectivity index (χ2v) is 6.27. The Hall–Kier alpha value is -1.25. The Kier molecular flexibility index (Phi) is 5.89. The fraction of sp³-hybridized carbons (Fsp3) is 0.368. The number of nitrogens with one attached hydrogen (secondary N) is 1. The van der Waals surface area contributed by atoms with Crippen LogP contribution < -0.4 is 5.32 Å². The molecule has 2 aromatic rings. The average molecular weight is 299 g/mol. The first-order valence-corrected chi connectivity index (χ1v) is 8.84. The molecule has 2 heteroatoms. The molecule has 2 aromatic carbocycles. The third-order valence-corrected chi connectivity index (χ3v) is 4.82. The highest BCUT2D eigenvalue weighted by atomic mass is 32.2. The van der Waals surface area contributed by atoms with Gasteiger partial charge in [-0.2, -0.15) is 0 Å². The molecule has 0 amide bonds. The van der Waals surface area contributed by atoms with Crippen molar-refractivity contribution in [1.82, 2.24) is 5.32 Å². The van der Waals surface area contributed by atoms with Crippen molar-refractivity contribution in [3.63, 3.8) is 0 Å². The molecule has 1 atom stereocenters. The van der Waals surface area contributed by atoms with E-state index in [9.17, 15) is 0 Å². The zero-order valence-corrected chi connectivity index (χ0v) is 14.3. The molecule has 0 radical (unpaired) electrons. The summed E-state index contributed by atoms with van der Waals surface area (Å²) in [5.74, 6) is 0. The van der Waals surface area contributed by atoms with Crippen LogP contribution in [-0.4, -0.2) is 12.8 Å². The predicted molar refractivity (Wildman–Crippen MR) is 94.3 cm³/mol. The molecule has 1 nitrogen and oxygen atoms in total. The van der Waals surface area contributed by atoms with Crippen LogP contribution in [0.25, 0.3) is 0 Å². The fourth-order valence-corrected chi connectivity index (χ4v) is 3.30. The summed E-state index contributed by atoms with van der Waals surface area (Å²) in [6.45, 7) is 7.66. The van der Waals surface area contributed by atoms with Gasteiger partial charge < -0.3 is 5.32 Å². The largest absolute Gasteiger partial charge is 0.306 e. The number of hydrogen-bond donors (Lipinski definition) is 1. The van der Waals surface area contributed by atoms with Gasteiger partial charge >= 0.3 is 0 Å². The van der Waals surface area contributed by atoms with Crippen molar-refractivity contribution in [2.24, 2.45) is 0 Å². The van der Waals surface area contributed by atoms with Gasteiger partial charge in [-0.25, -0.2) is 0 Å². The van der Waals surface area contributed by atoms with Crippen molar-refractivity contribution in [1.29, 1.82) is 0 Å². The van der Waals surface area contributed by atoms with E-state index in [1.807, 2.05) is 11.8 Å². The summed E-state index contributed by atoms with van der Waals surface area (Å²) in [6.07, 6.45) is 3.29. The van der Waals surface area contributed by atoms with Crippen molar-refractivity contribution in [2.45, 2.75) is 38.1 Å². The Morgan fingerprint density at radius 1 is 1.00 bits per heavy atom. The van der Waals surface area contributed by atoms with Crippen LogP contribution in [0, 0.1) is 13.8 Å². The second kappa shape index (κ2) is 7.67. The maximum absolute atomic E-state index is 3.73. The lowest BCUT2D eigenvalue weighted by Crippen LogP contribution is -2.24. The van der Waals surface area contributed by atoms with Gasteiger partial charge in [-0.3, -0.25) is 0 Å². The van der Waals surface area contributed by atoms with Crippen LogP contribution in [0.4, 0.5) is 0 Å². The lowest BCUT2D eigenvalue weighted by molar-refractivity contribution is 0.589. The molecule has 112 valence electrons. The summed E-state index contributed by atoms with van der Waals surface area (Å²) in [7, 11) is 0. The molecule has 0 bridgehead atoms. The van der Waals surface area contributed by atoms with Gasteiger partial charge in [-0.1, -0.05) is 43.3 Å². The Morgan fingerprint density at radius 3 is 2.43 bits per heavy atom. The van der Waals surface area contributed by atoms with Crippen molar-refractivity contribution in [3.05, 3.63) is 64.7 Å². The summed E-state index contributed by atoms with van der Waals surface area (Å²) in [5, 5.41) is 3.73. The monoisotopic (exact) mass is 299 g/mol. The Balaban J connectivity index is 2.50. The highest BCUT2D eigenvalue weighted by molar-refractivity contribution is 7.98. The van der Waals surface area contributed by atoms with Crippen LogP contribution in [0.2, 0.25) is 0 Å². The van der Waals surface area contributed by atoms with Gasteiger partial charge in [0.05, 0.1) is 6.04 Å². The SMILES string of the molecule is CCCNC(c1ccccc1SC)c1cccc(C)c1C. The van der Waals surface area contributed by atoms with Gasteiger partial charge in [0.25, 0.3) is 0 Å². The molecule has 0 aliphatic carbocycles. The third kappa shape index (κ3) is 3.69. The zero-order chi connectivity index (χ0) is 15.2. The quantitative estimate of drug-likeness (QED) is 0.743. The molecule has 0 saturated heterocycles. The van der Waals surface area contributed by atoms with Crippen LogP contribution in [0.1, 0.15) is 41.6 Å². The van der Waals surface area contributed by atoms with Gasteiger partial charge in [0, 0.05) is 4.90 Å². The van der Waals surface area contributed by atoms with E-state index in [4.69, 9.17) is 0 Å². The van der Waals surface area contributed by atoms with E-state index in [1.165, 1.54) is 27.1 Å². The molecule has 1 N–H and O–H groups in total. The second-order valence-electron chi connectivity index (χ2n) is 5.42. The van der Waals surface area contributed by atoms with Gasteiger partial charge in [-0.05, 0) is 61.4 Å². The van der Waals surface area contributed by atoms with Crippen LogP contribution in [0.15, 0.2) is 47.4 Å². The van der Waals surface area contributed by atoms with E-state index in [2.05, 4.69) is 74.8 Å². The molecule has 1 unspecified atom stereocenters. The van der Waals surface area contributed by atoms with E-state index < -0.39 is 0 Å². The summed E-state index contributed by atoms with van der Waals surface area (Å²) >= 11 is 1.82. The topological polar surface area (TPSA) is 12.0 Å². The van der Waals surface area contributed by atoms with Gasteiger partial charge in [0.2, 0.25) is 0 Å². The number of rotatable bonds is 6. The molecule has 0 spiro atoms. The molecule has 0 saturated carbocycles. The van der Waals surface area contributed by atoms with Crippen LogP contribution >= 0.6 is 11.8 Å². The first-order valence-electron chi connectivity index (χ1n) is 7.61. The fourth-order valence-electron chi connectivity index (χ4n) is 2.67. The van der Waals surface area contributed by atoms with Crippen LogP contribution in [-0.2, 0) is 0 Å². The van der Waals surface area contributed by atoms with E-state index in [-0.39, 0.29) is 6.04 Å². The summed E-state index contributed by atoms with van der Waals surface area (Å²) < 4.78 is 0. The highest BCUT2D eigenvalue weighted by Gasteiger charge is 2.18. The minimum atomic E-state index is 0.272. The van der Waals surface area contributed by atoms with Crippen molar-refractivity contribution in [2.75, 3.05) is 12.8 Å². The maximum Gasteiger partial charge on any atom is 0.0590 e. The summed E-state index contributed by atoms with van der Waals surface area (Å²) in [6, 6.07) is 15.6. The summed E-state index contributed by atoms with van der Waals surface area (Å²) in [5.41, 5.74) is 5.52. The minimum absolute atomic E-state index is 0.272. The van der Waals surface area contributed by atoms with Crippen molar-refractivity contribution in [3.8, 4) is 0 Å². The molecular formula is C19H25NS. The Bertz CT molecular complexity index is 592. The third-order valence-electron chi connectivity index (χ3n) is 4.01. The predicted octanol–water partition coefficient (Wildman–Crippen LogP) is 5.11. The molecular weight excluding hydrogens is 274 g/mol. The number of thioether (sulfide) groups is 1. The number of benzene rings is 2. The van der Waals surface area contributed by atoms with Crippen LogP contribution in [0.5, 0.6) is 0 Å². The standard InChI is InChI=1S/C19H25NS/c1-5-13-20-19(16-11-8-9-14(2)15(16)3)17-10-6-7-12-18(17)21-4/h6-12,19-20H,5,13H2,1-4H3. The smallest absolute Gasteiger partial charge is 0.0590 e. The normalized spacial score (nSPS) is 12.4. The highest BCUT2D eigenvalue weighted by Crippen LogP contribution is 2.32. The lowest BCUT2D eigenvalue weighted by atomic mass is 9.92. The molecule has 0 aliphatic rings. The van der Waals surface area contributed by atoms with Crippen molar-refractivity contribution < 1.29 is 0 Å². The molecule has 0 fully saturated rings. The van der Waals surface area contributed by atoms with E-state index >= 15 is 0 Å². The van der Waals surface area contributed by atoms with Gasteiger partial charge in [0.15, 0.2) is 0 Å².